The second-order valence-electron chi connectivity index (χ2n) is 4.74. The summed E-state index contributed by atoms with van der Waals surface area (Å²) in [5, 5.41) is 21.7. The maximum Gasteiger partial charge on any atom is 0.242 e. The average Bonchev–Trinajstić information content (AvgIpc) is 2.43. The summed E-state index contributed by atoms with van der Waals surface area (Å²) < 4.78 is 26.5. The van der Waals surface area contributed by atoms with E-state index in [1.54, 1.807) is 13.8 Å². The van der Waals surface area contributed by atoms with E-state index >= 15 is 0 Å². The summed E-state index contributed by atoms with van der Waals surface area (Å²) in [5.74, 6) is -3.68. The molecular weight excluding hydrogens is 334 g/mol. The van der Waals surface area contributed by atoms with Gasteiger partial charge in [0.2, 0.25) is 10.0 Å². The molecule has 0 saturated heterocycles. The van der Waals surface area contributed by atoms with Crippen molar-refractivity contribution in [2.75, 3.05) is 0 Å². The first-order valence-corrected chi connectivity index (χ1v) is 8.20. The summed E-state index contributed by atoms with van der Waals surface area (Å²) in [5.41, 5.74) is -0.390. The number of aromatic carboxylic acids is 1. The first kappa shape index (κ1) is 18.4. The van der Waals surface area contributed by atoms with Gasteiger partial charge in [0.25, 0.3) is 0 Å². The first-order valence-electron chi connectivity index (χ1n) is 6.34. The lowest BCUT2D eigenvalue weighted by atomic mass is 10.0. The molecule has 7 nitrogen and oxygen atoms in total. The van der Waals surface area contributed by atoms with Crippen molar-refractivity contribution in [2.45, 2.75) is 31.2 Å². The second-order valence-corrected chi connectivity index (χ2v) is 6.83. The van der Waals surface area contributed by atoms with Crippen LogP contribution in [0.4, 0.5) is 0 Å². The summed E-state index contributed by atoms with van der Waals surface area (Å²) in [7, 11) is -4.34. The minimum atomic E-state index is -4.34. The lowest BCUT2D eigenvalue weighted by Crippen LogP contribution is -2.51. The fourth-order valence-electron chi connectivity index (χ4n) is 1.70. The summed E-state index contributed by atoms with van der Waals surface area (Å²) in [6.07, 6.45) is 0.397. The highest BCUT2D eigenvalue weighted by atomic mass is 35.5. The van der Waals surface area contributed by atoms with Crippen molar-refractivity contribution in [1.82, 2.24) is 4.72 Å². The standard InChI is InChI=1S/C13H16ClNO6S/c1-3-7(2)11(13(18)19)15-22(20,21)10-6-8(12(16)17)4-5-9(10)14/h4-7,11,15H,3H2,1-2H3,(H,16,17)(H,18,19)/p-2/t7-,11-/m0/s1. The van der Waals surface area contributed by atoms with Crippen molar-refractivity contribution in [2.24, 2.45) is 5.92 Å². The van der Waals surface area contributed by atoms with Crippen LogP contribution in [0.1, 0.15) is 30.6 Å². The van der Waals surface area contributed by atoms with Crippen LogP contribution in [0.3, 0.4) is 0 Å². The number of benzene rings is 1. The molecule has 1 aromatic carbocycles. The first-order chi connectivity index (χ1) is 10.1. The highest BCUT2D eigenvalue weighted by Gasteiger charge is 2.26. The van der Waals surface area contributed by atoms with Gasteiger partial charge in [-0.25, -0.2) is 13.1 Å². The molecule has 0 aliphatic carbocycles. The number of rotatable bonds is 7. The van der Waals surface area contributed by atoms with E-state index in [0.717, 1.165) is 18.2 Å². The van der Waals surface area contributed by atoms with Gasteiger partial charge in [0, 0.05) is 0 Å². The predicted molar refractivity (Wildman–Crippen MR) is 74.4 cm³/mol. The second kappa shape index (κ2) is 7.08. The van der Waals surface area contributed by atoms with Gasteiger partial charge in [-0.05, 0) is 23.6 Å². The molecule has 0 aliphatic heterocycles. The van der Waals surface area contributed by atoms with Crippen LogP contribution < -0.4 is 14.9 Å². The Morgan fingerprint density at radius 3 is 2.36 bits per heavy atom. The van der Waals surface area contributed by atoms with Gasteiger partial charge in [0.05, 0.1) is 23.0 Å². The van der Waals surface area contributed by atoms with Gasteiger partial charge in [-0.1, -0.05) is 37.9 Å². The fraction of sp³-hybridized carbons (Fsp3) is 0.385. The summed E-state index contributed by atoms with van der Waals surface area (Å²) in [4.78, 5) is 21.4. The van der Waals surface area contributed by atoms with Crippen LogP contribution in [0.5, 0.6) is 0 Å². The lowest BCUT2D eigenvalue weighted by Gasteiger charge is -2.25. The monoisotopic (exact) mass is 347 g/mol. The van der Waals surface area contributed by atoms with Crippen LogP contribution in [0.15, 0.2) is 23.1 Å². The van der Waals surface area contributed by atoms with E-state index in [2.05, 4.69) is 0 Å². The van der Waals surface area contributed by atoms with E-state index in [9.17, 15) is 28.2 Å². The van der Waals surface area contributed by atoms with Gasteiger partial charge in [-0.15, -0.1) is 0 Å². The number of hydrogen-bond acceptors (Lipinski definition) is 6. The highest BCUT2D eigenvalue weighted by Crippen LogP contribution is 2.23. The van der Waals surface area contributed by atoms with Gasteiger partial charge >= 0.3 is 0 Å². The number of aliphatic carboxylic acids is 1. The Balaban J connectivity index is 3.26. The number of hydrogen-bond donors (Lipinski definition) is 1. The van der Waals surface area contributed by atoms with E-state index in [-0.39, 0.29) is 5.02 Å². The van der Waals surface area contributed by atoms with Crippen LogP contribution in [-0.4, -0.2) is 26.4 Å². The van der Waals surface area contributed by atoms with Gasteiger partial charge in [-0.2, -0.15) is 0 Å². The molecule has 0 bridgehead atoms. The molecule has 0 saturated carbocycles. The van der Waals surface area contributed by atoms with E-state index in [0.29, 0.717) is 6.42 Å². The number of sulfonamides is 1. The van der Waals surface area contributed by atoms with E-state index in [1.165, 1.54) is 0 Å². The molecule has 22 heavy (non-hydrogen) atoms. The van der Waals surface area contributed by atoms with Crippen molar-refractivity contribution in [3.05, 3.63) is 28.8 Å². The molecule has 2 atom stereocenters. The number of carboxylic acid groups (broad SMARTS) is 2. The highest BCUT2D eigenvalue weighted by molar-refractivity contribution is 7.89. The fourth-order valence-corrected chi connectivity index (χ4v) is 3.52. The van der Waals surface area contributed by atoms with Crippen molar-refractivity contribution >= 4 is 33.6 Å². The summed E-state index contributed by atoms with van der Waals surface area (Å²) >= 11 is 5.77. The lowest BCUT2D eigenvalue weighted by molar-refractivity contribution is -0.309. The number of halogens is 1. The molecule has 0 heterocycles. The van der Waals surface area contributed by atoms with Gasteiger partial charge < -0.3 is 19.8 Å². The molecule has 0 aromatic heterocycles. The molecule has 0 unspecified atom stereocenters. The number of carbonyl (C=O) groups is 2. The summed E-state index contributed by atoms with van der Waals surface area (Å²) in [6.45, 7) is 3.24. The van der Waals surface area contributed by atoms with Crippen molar-refractivity contribution in [3.8, 4) is 0 Å². The molecule has 0 spiro atoms. The molecule has 0 radical (unpaired) electrons. The minimum Gasteiger partial charge on any atom is -0.548 e. The normalized spacial score (nSPS) is 14.3. The third-order valence-corrected chi connectivity index (χ3v) is 5.13. The topological polar surface area (TPSA) is 126 Å². The molecule has 122 valence electrons. The van der Waals surface area contributed by atoms with Crippen molar-refractivity contribution < 1.29 is 28.2 Å². The van der Waals surface area contributed by atoms with Crippen molar-refractivity contribution in [1.29, 1.82) is 0 Å². The third-order valence-electron chi connectivity index (χ3n) is 3.21. The number of carbonyl (C=O) groups excluding carboxylic acids is 2. The van der Waals surface area contributed by atoms with Gasteiger partial charge in [0.15, 0.2) is 0 Å². The Morgan fingerprint density at radius 2 is 1.91 bits per heavy atom. The predicted octanol–water partition coefficient (Wildman–Crippen LogP) is -0.854. The Bertz CT molecular complexity index is 688. The molecule has 1 rings (SSSR count). The van der Waals surface area contributed by atoms with Crippen LogP contribution in [0.2, 0.25) is 5.02 Å². The summed E-state index contributed by atoms with van der Waals surface area (Å²) in [6, 6.07) is 1.51. The minimum absolute atomic E-state index is 0.237. The molecule has 0 amide bonds. The van der Waals surface area contributed by atoms with Gasteiger partial charge in [-0.3, -0.25) is 0 Å². The van der Waals surface area contributed by atoms with E-state index in [4.69, 9.17) is 11.6 Å². The number of nitrogens with one attached hydrogen (secondary N) is 1. The van der Waals surface area contributed by atoms with Crippen LogP contribution >= 0.6 is 11.6 Å². The van der Waals surface area contributed by atoms with Gasteiger partial charge in [0.1, 0.15) is 4.90 Å². The Morgan fingerprint density at radius 1 is 1.32 bits per heavy atom. The smallest absolute Gasteiger partial charge is 0.242 e. The molecule has 1 N–H and O–H groups in total. The quantitative estimate of drug-likeness (QED) is 0.684. The Hall–Kier alpha value is -1.64. The zero-order valence-corrected chi connectivity index (χ0v) is 13.4. The molecule has 9 heteroatoms. The van der Waals surface area contributed by atoms with Crippen LogP contribution in [0, 0.1) is 5.92 Å². The third kappa shape index (κ3) is 4.19. The maximum atomic E-state index is 12.3. The zero-order chi connectivity index (χ0) is 17.1. The Labute approximate surface area is 133 Å². The Kier molecular flexibility index (Phi) is 5.92. The molecule has 0 fully saturated rings. The average molecular weight is 348 g/mol. The number of carboxylic acids is 2. The van der Waals surface area contributed by atoms with E-state index in [1.807, 2.05) is 4.72 Å². The zero-order valence-electron chi connectivity index (χ0n) is 11.8. The van der Waals surface area contributed by atoms with Crippen LogP contribution in [0.25, 0.3) is 0 Å². The molecule has 1 aromatic rings. The maximum absolute atomic E-state index is 12.3. The van der Waals surface area contributed by atoms with E-state index < -0.39 is 44.4 Å². The van der Waals surface area contributed by atoms with Crippen molar-refractivity contribution in [3.63, 3.8) is 0 Å². The van der Waals surface area contributed by atoms with Crippen LogP contribution in [-0.2, 0) is 14.8 Å². The largest absolute Gasteiger partial charge is 0.548 e. The SMILES string of the molecule is CC[C@H](C)[C@H](NS(=O)(=O)c1cc(C(=O)[O-])ccc1Cl)C(=O)[O-]. The molecular formula is C13H14ClNO6S-2. The molecule has 0 aliphatic rings.